The van der Waals surface area contributed by atoms with E-state index >= 15 is 0 Å². The minimum absolute atomic E-state index is 1.07. The Morgan fingerprint density at radius 3 is 1.36 bits per heavy atom. The van der Waals surface area contributed by atoms with Gasteiger partial charge in [-0.25, -0.2) is 0 Å². The summed E-state index contributed by atoms with van der Waals surface area (Å²) in [6.07, 6.45) is 0. The SMILES string of the molecule is c1ccc(-c2ccccc2-c2c(-c3ccccc3)cccc2N(c2ccc(-c3ccc(-c4ccc5ccccc5c4)cc3)cc2)c2ccc(-n3c4ccccc4c4ccccc43)cc2)cc1. The van der Waals surface area contributed by atoms with Crippen LogP contribution in [0.25, 0.3) is 93.9 Å². The van der Waals surface area contributed by atoms with Gasteiger partial charge in [-0.3, -0.25) is 0 Å². The van der Waals surface area contributed by atoms with E-state index < -0.39 is 0 Å². The summed E-state index contributed by atoms with van der Waals surface area (Å²) in [7, 11) is 0. The van der Waals surface area contributed by atoms with Gasteiger partial charge in [0.25, 0.3) is 0 Å². The van der Waals surface area contributed by atoms with Gasteiger partial charge in [0.05, 0.1) is 16.7 Å². The highest BCUT2D eigenvalue weighted by atomic mass is 15.1. The Labute approximate surface area is 385 Å². The first-order valence-corrected chi connectivity index (χ1v) is 22.7. The van der Waals surface area contributed by atoms with E-state index in [9.17, 15) is 0 Å². The second kappa shape index (κ2) is 16.8. The van der Waals surface area contributed by atoms with E-state index in [0.717, 1.165) is 28.3 Å². The van der Waals surface area contributed by atoms with Crippen LogP contribution in [0.1, 0.15) is 0 Å². The van der Waals surface area contributed by atoms with Crippen LogP contribution in [0.4, 0.5) is 17.1 Å². The molecule has 11 aromatic carbocycles. The first-order chi connectivity index (χ1) is 32.7. The minimum atomic E-state index is 1.07. The highest BCUT2D eigenvalue weighted by Gasteiger charge is 2.23. The number of anilines is 3. The van der Waals surface area contributed by atoms with Crippen LogP contribution in [0.15, 0.2) is 267 Å². The third kappa shape index (κ3) is 7.02. The summed E-state index contributed by atoms with van der Waals surface area (Å²) in [6.45, 7) is 0. The van der Waals surface area contributed by atoms with Crippen LogP contribution in [0.2, 0.25) is 0 Å². The van der Waals surface area contributed by atoms with Crippen LogP contribution in [-0.4, -0.2) is 4.57 Å². The van der Waals surface area contributed by atoms with Crippen molar-refractivity contribution in [3.63, 3.8) is 0 Å². The number of para-hydroxylation sites is 2. The van der Waals surface area contributed by atoms with Gasteiger partial charge in [-0.15, -0.1) is 0 Å². The van der Waals surface area contributed by atoms with Crippen molar-refractivity contribution in [2.24, 2.45) is 0 Å². The van der Waals surface area contributed by atoms with Gasteiger partial charge in [0.1, 0.15) is 0 Å². The van der Waals surface area contributed by atoms with Crippen molar-refractivity contribution in [3.05, 3.63) is 267 Å². The molecule has 310 valence electrons. The maximum Gasteiger partial charge on any atom is 0.0546 e. The van der Waals surface area contributed by atoms with E-state index in [1.165, 1.54) is 82.6 Å². The van der Waals surface area contributed by atoms with E-state index in [0.29, 0.717) is 0 Å². The van der Waals surface area contributed by atoms with Crippen LogP contribution in [0, 0.1) is 0 Å². The maximum absolute atomic E-state index is 2.44. The molecule has 0 atom stereocenters. The Kier molecular flexibility index (Phi) is 9.89. The van der Waals surface area contributed by atoms with Crippen molar-refractivity contribution in [2.75, 3.05) is 4.90 Å². The summed E-state index contributed by atoms with van der Waals surface area (Å²) < 4.78 is 2.39. The molecule has 0 radical (unpaired) electrons. The summed E-state index contributed by atoms with van der Waals surface area (Å²) >= 11 is 0. The Bertz CT molecular complexity index is 3610. The number of nitrogens with zero attached hydrogens (tertiary/aromatic N) is 2. The summed E-state index contributed by atoms with van der Waals surface area (Å²) in [5.41, 5.74) is 18.6. The van der Waals surface area contributed by atoms with E-state index in [4.69, 9.17) is 0 Å². The maximum atomic E-state index is 2.44. The third-order valence-electron chi connectivity index (χ3n) is 13.0. The topological polar surface area (TPSA) is 8.17 Å². The zero-order valence-electron chi connectivity index (χ0n) is 36.3. The fourth-order valence-corrected chi connectivity index (χ4v) is 9.84. The van der Waals surface area contributed by atoms with Gasteiger partial charge < -0.3 is 9.47 Å². The minimum Gasteiger partial charge on any atom is -0.310 e. The average Bonchev–Trinajstić information content (AvgIpc) is 3.74. The lowest BCUT2D eigenvalue weighted by atomic mass is 9.87. The quantitative estimate of drug-likeness (QED) is 0.141. The van der Waals surface area contributed by atoms with Crippen LogP contribution >= 0.6 is 0 Å². The van der Waals surface area contributed by atoms with Gasteiger partial charge in [0, 0.05) is 33.4 Å². The van der Waals surface area contributed by atoms with Gasteiger partial charge in [-0.2, -0.15) is 0 Å². The monoisotopic (exact) mass is 840 g/mol. The second-order valence-electron chi connectivity index (χ2n) is 16.9. The summed E-state index contributed by atoms with van der Waals surface area (Å²) in [5.74, 6) is 0. The molecule has 12 aromatic rings. The molecule has 0 saturated carbocycles. The normalized spacial score (nSPS) is 11.3. The molecule has 0 spiro atoms. The molecule has 12 rings (SSSR count). The molecule has 66 heavy (non-hydrogen) atoms. The Balaban J connectivity index is 1.01. The molecular formula is C64H44N2. The van der Waals surface area contributed by atoms with Crippen LogP contribution in [0.3, 0.4) is 0 Å². The van der Waals surface area contributed by atoms with Crippen molar-refractivity contribution in [3.8, 4) is 61.3 Å². The predicted molar refractivity (Wildman–Crippen MR) is 280 cm³/mol. The van der Waals surface area contributed by atoms with Gasteiger partial charge >= 0.3 is 0 Å². The number of hydrogen-bond donors (Lipinski definition) is 0. The average molecular weight is 841 g/mol. The Hall–Kier alpha value is -8.72. The van der Waals surface area contributed by atoms with Gasteiger partial charge in [0.15, 0.2) is 0 Å². The lowest BCUT2D eigenvalue weighted by molar-refractivity contribution is 1.17. The largest absolute Gasteiger partial charge is 0.310 e. The molecule has 0 fully saturated rings. The molecule has 0 aliphatic heterocycles. The number of rotatable bonds is 9. The van der Waals surface area contributed by atoms with Crippen molar-refractivity contribution in [1.29, 1.82) is 0 Å². The molecule has 0 amide bonds. The van der Waals surface area contributed by atoms with E-state index in [-0.39, 0.29) is 0 Å². The number of benzene rings is 11. The van der Waals surface area contributed by atoms with Gasteiger partial charge in [-0.1, -0.05) is 206 Å². The third-order valence-corrected chi connectivity index (χ3v) is 13.0. The molecule has 1 aromatic heterocycles. The second-order valence-corrected chi connectivity index (χ2v) is 16.9. The molecule has 0 saturated heterocycles. The molecule has 0 unspecified atom stereocenters. The molecule has 2 heteroatoms. The molecule has 0 N–H and O–H groups in total. The molecule has 0 aliphatic rings. The molecule has 0 bridgehead atoms. The number of fused-ring (bicyclic) bond motifs is 4. The number of aromatic nitrogens is 1. The van der Waals surface area contributed by atoms with Gasteiger partial charge in [-0.05, 0) is 122 Å². The van der Waals surface area contributed by atoms with Crippen molar-refractivity contribution < 1.29 is 0 Å². The lowest BCUT2D eigenvalue weighted by Gasteiger charge is -2.30. The molecule has 0 aliphatic carbocycles. The zero-order chi connectivity index (χ0) is 43.8. The van der Waals surface area contributed by atoms with Gasteiger partial charge in [0.2, 0.25) is 0 Å². The van der Waals surface area contributed by atoms with E-state index in [2.05, 4.69) is 276 Å². The molecule has 1 heterocycles. The zero-order valence-corrected chi connectivity index (χ0v) is 36.3. The number of hydrogen-bond acceptors (Lipinski definition) is 1. The first kappa shape index (κ1) is 38.9. The summed E-state index contributed by atoms with van der Waals surface area (Å²) in [5, 5.41) is 5.01. The molecular weight excluding hydrogens is 797 g/mol. The highest BCUT2D eigenvalue weighted by molar-refractivity contribution is 6.09. The first-order valence-electron chi connectivity index (χ1n) is 22.7. The fraction of sp³-hybridized carbons (Fsp3) is 0. The predicted octanol–water partition coefficient (Wildman–Crippen LogP) is 17.7. The van der Waals surface area contributed by atoms with Crippen LogP contribution in [-0.2, 0) is 0 Å². The molecule has 2 nitrogen and oxygen atoms in total. The summed E-state index contributed by atoms with van der Waals surface area (Å²) in [6, 6.07) is 96.9. The van der Waals surface area contributed by atoms with Crippen molar-refractivity contribution in [2.45, 2.75) is 0 Å². The van der Waals surface area contributed by atoms with E-state index in [1.807, 2.05) is 0 Å². The Morgan fingerprint density at radius 2 is 0.727 bits per heavy atom. The lowest BCUT2D eigenvalue weighted by Crippen LogP contribution is -2.12. The van der Waals surface area contributed by atoms with Crippen molar-refractivity contribution in [1.82, 2.24) is 4.57 Å². The Morgan fingerprint density at radius 1 is 0.273 bits per heavy atom. The highest BCUT2D eigenvalue weighted by Crippen LogP contribution is 2.48. The fourth-order valence-electron chi connectivity index (χ4n) is 9.84. The van der Waals surface area contributed by atoms with Crippen molar-refractivity contribution >= 4 is 49.6 Å². The standard InChI is InChI=1S/C64H44N2/c1-3-17-49(18-4-1)56-22-9-10-25-60(56)64-57(50-19-5-2-6-20-50)26-15-29-63(64)65(54-40-42-55(43-41-54)66-61-27-13-11-23-58(61)59-24-12-14-28-62(59)66)53-38-36-47(37-39-53)46-30-32-48(33-31-46)52-35-34-45-16-7-8-21-51(45)44-52/h1-44H. The van der Waals surface area contributed by atoms with E-state index in [1.54, 1.807) is 0 Å². The summed E-state index contributed by atoms with van der Waals surface area (Å²) in [4.78, 5) is 2.44. The van der Waals surface area contributed by atoms with Crippen LogP contribution < -0.4 is 4.90 Å². The smallest absolute Gasteiger partial charge is 0.0546 e. The van der Waals surface area contributed by atoms with Crippen LogP contribution in [0.5, 0.6) is 0 Å².